The van der Waals surface area contributed by atoms with Crippen LogP contribution >= 0.6 is 0 Å². The first kappa shape index (κ1) is 13.2. The summed E-state index contributed by atoms with van der Waals surface area (Å²) >= 11 is 0. The van der Waals surface area contributed by atoms with Crippen LogP contribution in [0.25, 0.3) is 5.65 Å². The number of carbonyl (C=O) groups is 1. The number of hydrogen-bond acceptors (Lipinski definition) is 4. The molecule has 3 aromatic heterocycles. The smallest absolute Gasteiger partial charge is 0.281 e. The molecule has 0 aliphatic carbocycles. The van der Waals surface area contributed by atoms with E-state index in [0.29, 0.717) is 5.65 Å². The minimum atomic E-state index is -2.76. The number of aryl methyl sites for hydroxylation is 1. The van der Waals surface area contributed by atoms with E-state index in [-0.39, 0.29) is 11.3 Å². The molecule has 0 bridgehead atoms. The Morgan fingerprint density at radius 3 is 2.95 bits per heavy atom. The van der Waals surface area contributed by atoms with Gasteiger partial charge >= 0.3 is 0 Å². The lowest BCUT2D eigenvalue weighted by Crippen LogP contribution is -2.13. The molecule has 0 unspecified atom stereocenters. The summed E-state index contributed by atoms with van der Waals surface area (Å²) in [6.07, 6.45) is 3.01. The van der Waals surface area contributed by atoms with Gasteiger partial charge in [-0.1, -0.05) is 0 Å². The van der Waals surface area contributed by atoms with E-state index in [2.05, 4.69) is 25.6 Å². The molecule has 21 heavy (non-hydrogen) atoms. The number of hydrogen-bond donors (Lipinski definition) is 2. The lowest BCUT2D eigenvalue weighted by atomic mass is 10.3. The lowest BCUT2D eigenvalue weighted by Gasteiger charge is -2.04. The summed E-state index contributed by atoms with van der Waals surface area (Å²) in [5.41, 5.74) is 0.911. The van der Waals surface area contributed by atoms with Crippen LogP contribution in [-0.2, 0) is 0 Å². The van der Waals surface area contributed by atoms with Crippen molar-refractivity contribution in [1.29, 1.82) is 0 Å². The third-order valence-corrected chi connectivity index (χ3v) is 2.87. The van der Waals surface area contributed by atoms with E-state index in [1.165, 1.54) is 10.7 Å². The second kappa shape index (κ2) is 4.93. The summed E-state index contributed by atoms with van der Waals surface area (Å²) in [4.78, 5) is 16.3. The summed E-state index contributed by atoms with van der Waals surface area (Å²) in [6, 6.07) is 0. The largest absolute Gasteiger partial charge is 0.319 e. The molecule has 0 radical (unpaired) electrons. The van der Waals surface area contributed by atoms with Crippen LogP contribution in [-0.4, -0.2) is 30.7 Å². The predicted molar refractivity (Wildman–Crippen MR) is 69.2 cm³/mol. The molecule has 0 saturated heterocycles. The first-order chi connectivity index (χ1) is 10.1. The normalized spacial score (nSPS) is 11.2. The molecule has 1 amide bonds. The molecular weight excluding hydrogens is 282 g/mol. The Bertz CT molecular complexity index is 809. The van der Waals surface area contributed by atoms with Crippen molar-refractivity contribution in [2.45, 2.75) is 13.3 Å². The van der Waals surface area contributed by atoms with Crippen LogP contribution in [0.2, 0.25) is 0 Å². The van der Waals surface area contributed by atoms with Gasteiger partial charge in [0, 0.05) is 12.4 Å². The van der Waals surface area contributed by atoms with Gasteiger partial charge in [-0.05, 0) is 12.5 Å². The van der Waals surface area contributed by atoms with Crippen molar-refractivity contribution in [1.82, 2.24) is 24.8 Å². The van der Waals surface area contributed by atoms with Crippen LogP contribution in [0.5, 0.6) is 0 Å². The Morgan fingerprint density at radius 2 is 2.19 bits per heavy atom. The quantitative estimate of drug-likeness (QED) is 0.772. The second-order valence-electron chi connectivity index (χ2n) is 4.41. The predicted octanol–water partition coefficient (Wildman–Crippen LogP) is 1.95. The topological polar surface area (TPSA) is 88.0 Å². The zero-order valence-corrected chi connectivity index (χ0v) is 10.8. The van der Waals surface area contributed by atoms with Gasteiger partial charge in [0.25, 0.3) is 12.3 Å². The molecule has 3 heterocycles. The highest BCUT2D eigenvalue weighted by Crippen LogP contribution is 2.24. The standard InChI is InChI=1S/C12H10F2N6O/c1-6-2-15-11-7(3-17-20(11)5-6)12(21)18-8-4-16-19-9(8)10(13)14/h2-5,10H,1H3,(H,16,19)(H,18,21). The Hall–Kier alpha value is -2.84. The van der Waals surface area contributed by atoms with Gasteiger partial charge in [0.1, 0.15) is 11.3 Å². The van der Waals surface area contributed by atoms with Gasteiger partial charge in [0.05, 0.1) is 18.1 Å². The number of aromatic amines is 1. The van der Waals surface area contributed by atoms with Crippen LogP contribution < -0.4 is 5.32 Å². The maximum atomic E-state index is 12.7. The van der Waals surface area contributed by atoms with Crippen molar-refractivity contribution < 1.29 is 13.6 Å². The first-order valence-corrected chi connectivity index (χ1v) is 5.99. The Labute approximate surface area is 117 Å². The van der Waals surface area contributed by atoms with E-state index >= 15 is 0 Å². The Kier molecular flexibility index (Phi) is 3.09. The maximum absolute atomic E-state index is 12.7. The molecule has 2 N–H and O–H groups in total. The number of halogens is 2. The van der Waals surface area contributed by atoms with Crippen LogP contribution in [0.3, 0.4) is 0 Å². The number of nitrogens with zero attached hydrogens (tertiary/aromatic N) is 4. The second-order valence-corrected chi connectivity index (χ2v) is 4.41. The molecule has 0 aliphatic heterocycles. The van der Waals surface area contributed by atoms with Gasteiger partial charge in [-0.15, -0.1) is 0 Å². The summed E-state index contributed by atoms with van der Waals surface area (Å²) in [5.74, 6) is -0.579. The summed E-state index contributed by atoms with van der Waals surface area (Å²) in [6.45, 7) is 1.84. The van der Waals surface area contributed by atoms with Gasteiger partial charge in [0.15, 0.2) is 5.65 Å². The number of rotatable bonds is 3. The number of H-pyrrole nitrogens is 1. The van der Waals surface area contributed by atoms with E-state index in [1.54, 1.807) is 12.4 Å². The molecule has 0 spiro atoms. The fourth-order valence-corrected chi connectivity index (χ4v) is 1.88. The van der Waals surface area contributed by atoms with Crippen molar-refractivity contribution >= 4 is 17.2 Å². The van der Waals surface area contributed by atoms with Crippen LogP contribution in [0, 0.1) is 6.92 Å². The Balaban J connectivity index is 1.92. The first-order valence-electron chi connectivity index (χ1n) is 5.99. The van der Waals surface area contributed by atoms with Crippen molar-refractivity contribution in [3.8, 4) is 0 Å². The van der Waals surface area contributed by atoms with E-state index in [1.807, 2.05) is 6.92 Å². The summed E-state index contributed by atoms with van der Waals surface area (Å²) in [7, 11) is 0. The maximum Gasteiger partial charge on any atom is 0.281 e. The molecule has 0 atom stereocenters. The van der Waals surface area contributed by atoms with Crippen molar-refractivity contribution in [3.05, 3.63) is 41.6 Å². The zero-order chi connectivity index (χ0) is 15.0. The van der Waals surface area contributed by atoms with Crippen molar-refractivity contribution in [3.63, 3.8) is 0 Å². The number of nitrogens with one attached hydrogen (secondary N) is 2. The van der Waals surface area contributed by atoms with Crippen LogP contribution in [0.15, 0.2) is 24.8 Å². The van der Waals surface area contributed by atoms with Crippen molar-refractivity contribution in [2.75, 3.05) is 5.32 Å². The minimum absolute atomic E-state index is 0.0681. The Morgan fingerprint density at radius 1 is 1.38 bits per heavy atom. The van der Waals surface area contributed by atoms with Gasteiger partial charge < -0.3 is 5.32 Å². The van der Waals surface area contributed by atoms with Crippen LogP contribution in [0.1, 0.15) is 28.0 Å². The van der Waals surface area contributed by atoms with Gasteiger partial charge in [-0.25, -0.2) is 18.3 Å². The lowest BCUT2D eigenvalue weighted by molar-refractivity contribution is 0.102. The molecule has 0 aromatic carbocycles. The number of fused-ring (bicyclic) bond motifs is 1. The molecule has 0 aliphatic rings. The van der Waals surface area contributed by atoms with Gasteiger partial charge in [-0.2, -0.15) is 10.2 Å². The third-order valence-electron chi connectivity index (χ3n) is 2.87. The molecular formula is C12H10F2N6O. The number of carbonyl (C=O) groups excluding carboxylic acids is 1. The fraction of sp³-hybridized carbons (Fsp3) is 0.167. The monoisotopic (exact) mass is 292 g/mol. The van der Waals surface area contributed by atoms with E-state index in [9.17, 15) is 13.6 Å². The molecule has 7 nitrogen and oxygen atoms in total. The van der Waals surface area contributed by atoms with E-state index in [4.69, 9.17) is 0 Å². The number of amides is 1. The van der Waals surface area contributed by atoms with Gasteiger partial charge in [0.2, 0.25) is 0 Å². The molecule has 0 saturated carbocycles. The average molecular weight is 292 g/mol. The SMILES string of the molecule is Cc1cnc2c(C(=O)Nc3cn[nH]c3C(F)F)cnn2c1. The highest BCUT2D eigenvalue weighted by atomic mass is 19.3. The summed E-state index contributed by atoms with van der Waals surface area (Å²) in [5, 5.41) is 12.0. The van der Waals surface area contributed by atoms with Gasteiger partial charge in [-0.3, -0.25) is 9.89 Å². The average Bonchev–Trinajstić information content (AvgIpc) is 3.04. The minimum Gasteiger partial charge on any atom is -0.319 e. The van der Waals surface area contributed by atoms with Crippen LogP contribution in [0.4, 0.5) is 14.5 Å². The fourth-order valence-electron chi connectivity index (χ4n) is 1.88. The highest BCUT2D eigenvalue weighted by Gasteiger charge is 2.20. The number of anilines is 1. The van der Waals surface area contributed by atoms with E-state index in [0.717, 1.165) is 11.8 Å². The van der Waals surface area contributed by atoms with Crippen molar-refractivity contribution in [2.24, 2.45) is 0 Å². The summed E-state index contributed by atoms with van der Waals surface area (Å²) < 4.78 is 26.9. The zero-order valence-electron chi connectivity index (χ0n) is 10.8. The molecule has 9 heteroatoms. The molecule has 3 aromatic rings. The third kappa shape index (κ3) is 2.33. The number of aromatic nitrogens is 5. The van der Waals surface area contributed by atoms with E-state index < -0.39 is 18.0 Å². The molecule has 108 valence electrons. The number of alkyl halides is 2. The highest BCUT2D eigenvalue weighted by molar-refractivity contribution is 6.08. The molecule has 0 fully saturated rings. The molecule has 3 rings (SSSR count).